The van der Waals surface area contributed by atoms with Gasteiger partial charge >= 0.3 is 0 Å². The minimum absolute atomic E-state index is 0.0368. The fourth-order valence-electron chi connectivity index (χ4n) is 3.43. The molecule has 150 valence electrons. The smallest absolute Gasteiger partial charge is 0.263 e. The molecule has 0 radical (unpaired) electrons. The lowest BCUT2D eigenvalue weighted by Crippen LogP contribution is -2.52. The van der Waals surface area contributed by atoms with Crippen molar-refractivity contribution >= 4 is 23.2 Å². The largest absolute Gasteiger partial charge is 0.495 e. The zero-order chi connectivity index (χ0) is 20.1. The second-order valence-corrected chi connectivity index (χ2v) is 7.32. The third-order valence-corrected chi connectivity index (χ3v) is 5.50. The number of methoxy groups -OCH3 is 1. The van der Waals surface area contributed by atoms with E-state index < -0.39 is 6.10 Å². The number of amides is 1. The fourth-order valence-corrected chi connectivity index (χ4v) is 3.54. The molecule has 1 fully saturated rings. The van der Waals surface area contributed by atoms with E-state index in [0.29, 0.717) is 30.3 Å². The van der Waals surface area contributed by atoms with E-state index in [4.69, 9.17) is 21.1 Å². The summed E-state index contributed by atoms with van der Waals surface area (Å²) in [5.41, 5.74) is 2.00. The average molecular weight is 403 g/mol. The Bertz CT molecular complexity index is 819. The van der Waals surface area contributed by atoms with Crippen LogP contribution in [0, 0.1) is 6.92 Å². The molecule has 1 aliphatic heterocycles. The van der Waals surface area contributed by atoms with Crippen molar-refractivity contribution in [2.45, 2.75) is 26.4 Å². The molecule has 2 aromatic carbocycles. The van der Waals surface area contributed by atoms with Gasteiger partial charge in [0.15, 0.2) is 6.10 Å². The van der Waals surface area contributed by atoms with Crippen LogP contribution in [-0.2, 0) is 4.79 Å². The molecule has 5 nitrogen and oxygen atoms in total. The zero-order valence-electron chi connectivity index (χ0n) is 16.7. The Morgan fingerprint density at radius 2 is 1.86 bits per heavy atom. The standard InChI is InChI=1S/C22H27ClN2O3/c1-4-20(28-17-9-10-18(23)16(2)15-17)22(26)25-13-11-24(12-14-25)19-7-5-6-8-21(19)27-3/h5-10,15,20H,4,11-14H2,1-3H3/t20-/m1/s1. The summed E-state index contributed by atoms with van der Waals surface area (Å²) in [6.45, 7) is 6.75. The number of para-hydroxylation sites is 2. The zero-order valence-corrected chi connectivity index (χ0v) is 17.4. The van der Waals surface area contributed by atoms with Gasteiger partial charge in [-0.3, -0.25) is 4.79 Å². The summed E-state index contributed by atoms with van der Waals surface area (Å²) < 4.78 is 11.4. The monoisotopic (exact) mass is 402 g/mol. The number of nitrogens with zero attached hydrogens (tertiary/aromatic N) is 2. The second-order valence-electron chi connectivity index (χ2n) is 6.91. The molecule has 0 unspecified atom stereocenters. The van der Waals surface area contributed by atoms with Crippen molar-refractivity contribution < 1.29 is 14.3 Å². The summed E-state index contributed by atoms with van der Waals surface area (Å²) in [7, 11) is 1.68. The third-order valence-electron chi connectivity index (χ3n) is 5.07. The van der Waals surface area contributed by atoms with Gasteiger partial charge in [0.05, 0.1) is 12.8 Å². The van der Waals surface area contributed by atoms with E-state index in [1.54, 1.807) is 13.2 Å². The highest BCUT2D eigenvalue weighted by Gasteiger charge is 2.28. The fraction of sp³-hybridized carbons (Fsp3) is 0.409. The first-order chi connectivity index (χ1) is 13.5. The van der Waals surface area contributed by atoms with E-state index >= 15 is 0 Å². The van der Waals surface area contributed by atoms with Gasteiger partial charge in [0.1, 0.15) is 11.5 Å². The predicted octanol–water partition coefficient (Wildman–Crippen LogP) is 4.16. The maximum atomic E-state index is 13.0. The molecule has 0 aliphatic carbocycles. The minimum atomic E-state index is -0.488. The number of anilines is 1. The molecule has 0 spiro atoms. The molecule has 0 bridgehead atoms. The van der Waals surface area contributed by atoms with Crippen LogP contribution < -0.4 is 14.4 Å². The molecular weight excluding hydrogens is 376 g/mol. The number of aryl methyl sites for hydroxylation is 1. The van der Waals surface area contributed by atoms with Crippen molar-refractivity contribution in [1.29, 1.82) is 0 Å². The number of hydrogen-bond donors (Lipinski definition) is 0. The maximum Gasteiger partial charge on any atom is 0.263 e. The Labute approximate surface area is 171 Å². The number of carbonyl (C=O) groups is 1. The van der Waals surface area contributed by atoms with E-state index in [0.717, 1.165) is 30.1 Å². The Morgan fingerprint density at radius 3 is 2.50 bits per heavy atom. The van der Waals surface area contributed by atoms with E-state index in [2.05, 4.69) is 11.0 Å². The number of ether oxygens (including phenoxy) is 2. The summed E-state index contributed by atoms with van der Waals surface area (Å²) in [4.78, 5) is 17.1. The van der Waals surface area contributed by atoms with Gasteiger partial charge in [-0.1, -0.05) is 30.7 Å². The number of piperazine rings is 1. The normalized spacial score (nSPS) is 15.3. The third kappa shape index (κ3) is 4.53. The molecule has 1 amide bonds. The highest BCUT2D eigenvalue weighted by molar-refractivity contribution is 6.31. The van der Waals surface area contributed by atoms with Crippen LogP contribution in [0.15, 0.2) is 42.5 Å². The molecule has 6 heteroatoms. The number of carbonyl (C=O) groups excluding carboxylic acids is 1. The lowest BCUT2D eigenvalue weighted by Gasteiger charge is -2.37. The SMILES string of the molecule is CC[C@@H](Oc1ccc(Cl)c(C)c1)C(=O)N1CCN(c2ccccc2OC)CC1. The van der Waals surface area contributed by atoms with Gasteiger partial charge in [-0.2, -0.15) is 0 Å². The summed E-state index contributed by atoms with van der Waals surface area (Å²) in [6, 6.07) is 13.5. The summed E-state index contributed by atoms with van der Waals surface area (Å²) in [5, 5.41) is 0.694. The van der Waals surface area contributed by atoms with Crippen LogP contribution in [0.3, 0.4) is 0 Å². The van der Waals surface area contributed by atoms with Crippen molar-refractivity contribution in [2.75, 3.05) is 38.2 Å². The second kappa shape index (κ2) is 9.20. The van der Waals surface area contributed by atoms with Crippen LogP contribution >= 0.6 is 11.6 Å². The van der Waals surface area contributed by atoms with E-state index in [1.807, 2.05) is 49.1 Å². The Hall–Kier alpha value is -2.40. The van der Waals surface area contributed by atoms with Gasteiger partial charge < -0.3 is 19.3 Å². The van der Waals surface area contributed by atoms with Crippen molar-refractivity contribution in [2.24, 2.45) is 0 Å². The quantitative estimate of drug-likeness (QED) is 0.727. The highest BCUT2D eigenvalue weighted by Crippen LogP contribution is 2.28. The first-order valence-electron chi connectivity index (χ1n) is 9.63. The molecule has 1 heterocycles. The van der Waals surface area contributed by atoms with Gasteiger partial charge in [-0.25, -0.2) is 0 Å². The van der Waals surface area contributed by atoms with Crippen molar-refractivity contribution in [3.05, 3.63) is 53.1 Å². The van der Waals surface area contributed by atoms with Gasteiger partial charge in [0.25, 0.3) is 5.91 Å². The molecule has 2 aromatic rings. The van der Waals surface area contributed by atoms with Crippen molar-refractivity contribution in [3.8, 4) is 11.5 Å². The molecule has 3 rings (SSSR count). The molecule has 0 saturated carbocycles. The van der Waals surface area contributed by atoms with Gasteiger partial charge in [0.2, 0.25) is 0 Å². The van der Waals surface area contributed by atoms with Gasteiger partial charge in [-0.15, -0.1) is 0 Å². The van der Waals surface area contributed by atoms with Crippen LogP contribution in [0.2, 0.25) is 5.02 Å². The average Bonchev–Trinajstić information content (AvgIpc) is 2.74. The Morgan fingerprint density at radius 1 is 1.14 bits per heavy atom. The maximum absolute atomic E-state index is 13.0. The molecule has 1 aliphatic rings. The van der Waals surface area contributed by atoms with Gasteiger partial charge in [0, 0.05) is 31.2 Å². The van der Waals surface area contributed by atoms with Crippen LogP contribution in [0.25, 0.3) is 0 Å². The minimum Gasteiger partial charge on any atom is -0.495 e. The van der Waals surface area contributed by atoms with Crippen LogP contribution in [-0.4, -0.2) is 50.2 Å². The lowest BCUT2D eigenvalue weighted by molar-refractivity contribution is -0.139. The number of halogens is 1. The lowest BCUT2D eigenvalue weighted by atomic mass is 10.2. The van der Waals surface area contributed by atoms with Crippen LogP contribution in [0.1, 0.15) is 18.9 Å². The van der Waals surface area contributed by atoms with E-state index in [1.165, 1.54) is 0 Å². The first kappa shape index (κ1) is 20.3. The Balaban J connectivity index is 1.62. The number of rotatable bonds is 6. The summed E-state index contributed by atoms with van der Waals surface area (Å²) in [6.07, 6.45) is 0.131. The molecular formula is C22H27ClN2O3. The van der Waals surface area contributed by atoms with Crippen molar-refractivity contribution in [3.63, 3.8) is 0 Å². The highest BCUT2D eigenvalue weighted by atomic mass is 35.5. The molecule has 0 N–H and O–H groups in total. The molecule has 1 saturated heterocycles. The van der Waals surface area contributed by atoms with Crippen molar-refractivity contribution in [1.82, 2.24) is 4.90 Å². The number of benzene rings is 2. The Kier molecular flexibility index (Phi) is 6.68. The summed E-state index contributed by atoms with van der Waals surface area (Å²) in [5.74, 6) is 1.57. The topological polar surface area (TPSA) is 42.0 Å². The molecule has 28 heavy (non-hydrogen) atoms. The van der Waals surface area contributed by atoms with Crippen LogP contribution in [0.5, 0.6) is 11.5 Å². The number of hydrogen-bond acceptors (Lipinski definition) is 4. The molecule has 0 aromatic heterocycles. The van der Waals surface area contributed by atoms with Gasteiger partial charge in [-0.05, 0) is 49.2 Å². The predicted molar refractivity (Wildman–Crippen MR) is 113 cm³/mol. The first-order valence-corrected chi connectivity index (χ1v) is 10.0. The summed E-state index contributed by atoms with van der Waals surface area (Å²) >= 11 is 6.08. The molecule has 1 atom stereocenters. The van der Waals surface area contributed by atoms with E-state index in [-0.39, 0.29) is 5.91 Å². The van der Waals surface area contributed by atoms with E-state index in [9.17, 15) is 4.79 Å². The van der Waals surface area contributed by atoms with Crippen LogP contribution in [0.4, 0.5) is 5.69 Å².